The first-order valence-corrected chi connectivity index (χ1v) is 10.8. The number of aromatic nitrogens is 3. The molecule has 0 fully saturated rings. The van der Waals surface area contributed by atoms with Gasteiger partial charge in [0.05, 0.1) is 16.9 Å². The number of furan rings is 1. The molecule has 0 saturated carbocycles. The quantitative estimate of drug-likeness (QED) is 0.479. The zero-order valence-electron chi connectivity index (χ0n) is 15.6. The molecule has 0 aliphatic carbocycles. The molecule has 0 atom stereocenters. The van der Waals surface area contributed by atoms with Crippen LogP contribution in [0.15, 0.2) is 76.5 Å². The molecule has 0 spiro atoms. The van der Waals surface area contributed by atoms with Gasteiger partial charge in [-0.25, -0.2) is 12.9 Å². The van der Waals surface area contributed by atoms with Gasteiger partial charge in [-0.2, -0.15) is 5.10 Å². The fourth-order valence-electron chi connectivity index (χ4n) is 3.04. The molecular weight excluding hydrogens is 392 g/mol. The first-order valence-electron chi connectivity index (χ1n) is 9.16. The van der Waals surface area contributed by atoms with Gasteiger partial charge in [0.2, 0.25) is 5.91 Å². The molecule has 0 radical (unpaired) electrons. The molecule has 1 amide bonds. The summed E-state index contributed by atoms with van der Waals surface area (Å²) in [7, 11) is -3.46. The summed E-state index contributed by atoms with van der Waals surface area (Å²) in [5.74, 6) is 0.178. The zero-order chi connectivity index (χ0) is 20.3. The van der Waals surface area contributed by atoms with Gasteiger partial charge < -0.3 is 14.3 Å². The van der Waals surface area contributed by atoms with E-state index in [9.17, 15) is 13.2 Å². The van der Waals surface area contributed by atoms with Gasteiger partial charge in [0.15, 0.2) is 15.6 Å². The van der Waals surface area contributed by atoms with Crippen LogP contribution in [0.3, 0.4) is 0 Å². The van der Waals surface area contributed by atoms with Crippen molar-refractivity contribution in [1.82, 2.24) is 19.5 Å². The van der Waals surface area contributed by atoms with Gasteiger partial charge in [-0.1, -0.05) is 18.2 Å². The van der Waals surface area contributed by atoms with Crippen LogP contribution >= 0.6 is 0 Å². The van der Waals surface area contributed by atoms with Gasteiger partial charge in [-0.15, -0.1) is 0 Å². The maximum atomic E-state index is 12.2. The molecule has 3 heterocycles. The summed E-state index contributed by atoms with van der Waals surface area (Å²) in [6.07, 6.45) is 5.23. The number of benzene rings is 1. The third-order valence-electron chi connectivity index (χ3n) is 4.55. The fraction of sp³-hybridized carbons (Fsp3) is 0.200. The Labute approximate surface area is 167 Å². The number of fused-ring (bicyclic) bond motifs is 1. The number of nitrogens with zero attached hydrogens (tertiary/aromatic N) is 3. The van der Waals surface area contributed by atoms with Crippen LogP contribution in [-0.2, 0) is 21.2 Å². The molecule has 0 bridgehead atoms. The van der Waals surface area contributed by atoms with Crippen molar-refractivity contribution < 1.29 is 17.6 Å². The summed E-state index contributed by atoms with van der Waals surface area (Å²) in [6.45, 7) is 0.923. The van der Waals surface area contributed by atoms with Gasteiger partial charge in [0.25, 0.3) is 0 Å². The summed E-state index contributed by atoms with van der Waals surface area (Å²) in [5.41, 5.74) is 1.60. The predicted octanol–water partition coefficient (Wildman–Crippen LogP) is 2.38. The standard InChI is InChI=1S/C20H20N4O4S/c25-19(8-14-29(26,27)16-5-2-1-3-6-16)21-9-10-23-11-12-24-20(23)15-17(22-24)18-7-4-13-28-18/h1-7,11-13,15H,8-10,14H2,(H,21,25). The Morgan fingerprint density at radius 3 is 2.69 bits per heavy atom. The molecule has 1 N–H and O–H groups in total. The van der Waals surface area contributed by atoms with Gasteiger partial charge in [0, 0.05) is 38.0 Å². The number of hydrogen-bond acceptors (Lipinski definition) is 5. The van der Waals surface area contributed by atoms with E-state index in [2.05, 4.69) is 10.4 Å². The van der Waals surface area contributed by atoms with Crippen molar-refractivity contribution >= 4 is 21.4 Å². The van der Waals surface area contributed by atoms with Gasteiger partial charge in [-0.05, 0) is 24.3 Å². The number of rotatable bonds is 8. The Morgan fingerprint density at radius 1 is 1.10 bits per heavy atom. The topological polar surface area (TPSA) is 98.6 Å². The highest BCUT2D eigenvalue weighted by Crippen LogP contribution is 2.20. The number of sulfone groups is 1. The molecule has 150 valence electrons. The lowest BCUT2D eigenvalue weighted by Gasteiger charge is -2.07. The summed E-state index contributed by atoms with van der Waals surface area (Å²) < 4.78 is 33.6. The van der Waals surface area contributed by atoms with Crippen LogP contribution in [0.5, 0.6) is 0 Å². The number of nitrogens with one attached hydrogen (secondary N) is 1. The van der Waals surface area contributed by atoms with Gasteiger partial charge >= 0.3 is 0 Å². The summed E-state index contributed by atoms with van der Waals surface area (Å²) in [4.78, 5) is 12.3. The molecule has 29 heavy (non-hydrogen) atoms. The van der Waals surface area contributed by atoms with Gasteiger partial charge in [0.1, 0.15) is 11.3 Å². The number of carbonyl (C=O) groups excluding carboxylic acids is 1. The lowest BCUT2D eigenvalue weighted by atomic mass is 10.3. The van der Waals surface area contributed by atoms with E-state index in [0.717, 1.165) is 11.3 Å². The third kappa shape index (κ3) is 4.24. The lowest BCUT2D eigenvalue weighted by Crippen LogP contribution is -2.28. The fourth-order valence-corrected chi connectivity index (χ4v) is 4.30. The number of amides is 1. The highest BCUT2D eigenvalue weighted by atomic mass is 32.2. The van der Waals surface area contributed by atoms with E-state index in [1.807, 2.05) is 29.1 Å². The van der Waals surface area contributed by atoms with Gasteiger partial charge in [-0.3, -0.25) is 4.79 Å². The van der Waals surface area contributed by atoms with Crippen LogP contribution in [0.2, 0.25) is 0 Å². The van der Waals surface area contributed by atoms with Crippen molar-refractivity contribution in [3.05, 3.63) is 67.2 Å². The molecule has 9 heteroatoms. The number of carbonyl (C=O) groups is 1. The monoisotopic (exact) mass is 412 g/mol. The SMILES string of the molecule is O=C(CCS(=O)(=O)c1ccccc1)NCCn1ccn2nc(-c3ccco3)cc12. The third-order valence-corrected chi connectivity index (χ3v) is 6.28. The second kappa shape index (κ2) is 7.96. The minimum Gasteiger partial charge on any atom is -0.463 e. The molecule has 1 aromatic carbocycles. The van der Waals surface area contributed by atoms with Crippen molar-refractivity contribution in [1.29, 1.82) is 0 Å². The zero-order valence-corrected chi connectivity index (χ0v) is 16.4. The Morgan fingerprint density at radius 2 is 1.93 bits per heavy atom. The first kappa shape index (κ1) is 19.0. The average molecular weight is 412 g/mol. The van der Waals surface area contributed by atoms with E-state index < -0.39 is 9.84 Å². The molecule has 8 nitrogen and oxygen atoms in total. The predicted molar refractivity (Wildman–Crippen MR) is 107 cm³/mol. The first-order chi connectivity index (χ1) is 14.0. The van der Waals surface area contributed by atoms with Crippen LogP contribution < -0.4 is 5.32 Å². The van der Waals surface area contributed by atoms with E-state index >= 15 is 0 Å². The maximum absolute atomic E-state index is 12.2. The second-order valence-corrected chi connectivity index (χ2v) is 8.64. The Hall–Kier alpha value is -3.33. The highest BCUT2D eigenvalue weighted by molar-refractivity contribution is 7.91. The highest BCUT2D eigenvalue weighted by Gasteiger charge is 2.16. The Balaban J connectivity index is 1.30. The molecule has 4 aromatic rings. The van der Waals surface area contributed by atoms with Crippen LogP contribution in [0.25, 0.3) is 17.1 Å². The van der Waals surface area contributed by atoms with E-state index in [1.165, 1.54) is 12.1 Å². The number of hydrogen-bond donors (Lipinski definition) is 1. The lowest BCUT2D eigenvalue weighted by molar-refractivity contribution is -0.120. The van der Waals surface area contributed by atoms with E-state index in [1.54, 1.807) is 35.0 Å². The minimum absolute atomic E-state index is 0.0758. The summed E-state index contributed by atoms with van der Waals surface area (Å²) >= 11 is 0. The summed E-state index contributed by atoms with van der Waals surface area (Å²) in [5, 5.41) is 7.22. The van der Waals surface area contributed by atoms with E-state index in [4.69, 9.17) is 4.42 Å². The van der Waals surface area contributed by atoms with Crippen LogP contribution in [0.1, 0.15) is 6.42 Å². The Kier molecular flexibility index (Phi) is 5.22. The molecule has 4 rings (SSSR count). The Bertz CT molecular complexity index is 1210. The molecule has 0 saturated heterocycles. The smallest absolute Gasteiger partial charge is 0.221 e. The largest absolute Gasteiger partial charge is 0.463 e. The summed E-state index contributed by atoms with van der Waals surface area (Å²) in [6, 6.07) is 13.7. The molecule has 3 aromatic heterocycles. The van der Waals surface area contributed by atoms with Crippen LogP contribution in [0, 0.1) is 0 Å². The van der Waals surface area contributed by atoms with Crippen molar-refractivity contribution in [2.24, 2.45) is 0 Å². The minimum atomic E-state index is -3.46. The molecule has 0 aliphatic rings. The van der Waals surface area contributed by atoms with E-state index in [-0.39, 0.29) is 23.0 Å². The number of imidazole rings is 1. The molecule has 0 unspecified atom stereocenters. The van der Waals surface area contributed by atoms with Crippen molar-refractivity contribution in [3.63, 3.8) is 0 Å². The molecular formula is C20H20N4O4S. The molecule has 0 aliphatic heterocycles. The van der Waals surface area contributed by atoms with Crippen molar-refractivity contribution in [2.45, 2.75) is 17.9 Å². The van der Waals surface area contributed by atoms with Crippen molar-refractivity contribution in [2.75, 3.05) is 12.3 Å². The second-order valence-electron chi connectivity index (χ2n) is 6.53. The van der Waals surface area contributed by atoms with E-state index in [0.29, 0.717) is 18.8 Å². The van der Waals surface area contributed by atoms with Crippen molar-refractivity contribution in [3.8, 4) is 11.5 Å². The normalized spacial score (nSPS) is 11.7. The van der Waals surface area contributed by atoms with Crippen LogP contribution in [-0.4, -0.2) is 40.8 Å². The maximum Gasteiger partial charge on any atom is 0.221 e. The average Bonchev–Trinajstić information content (AvgIpc) is 3.45. The van der Waals surface area contributed by atoms with Crippen LogP contribution in [0.4, 0.5) is 0 Å².